The van der Waals surface area contributed by atoms with Crippen LogP contribution in [0.2, 0.25) is 0 Å². The molecule has 0 aromatic rings. The average Bonchev–Trinajstić information content (AvgIpc) is 3.00. The minimum absolute atomic E-state index is 0.269. The van der Waals surface area contributed by atoms with Crippen LogP contribution in [0.25, 0.3) is 0 Å². The summed E-state index contributed by atoms with van der Waals surface area (Å²) in [5, 5.41) is 27.3. The van der Waals surface area contributed by atoms with Gasteiger partial charge in [-0.15, -0.1) is 0 Å². The summed E-state index contributed by atoms with van der Waals surface area (Å²) in [6.07, 6.45) is 4.26. The van der Waals surface area contributed by atoms with E-state index in [0.29, 0.717) is 6.42 Å². The molecule has 0 amide bonds. The van der Waals surface area contributed by atoms with E-state index in [-0.39, 0.29) is 6.04 Å². The van der Waals surface area contributed by atoms with Crippen molar-refractivity contribution in [3.8, 4) is 0 Å². The summed E-state index contributed by atoms with van der Waals surface area (Å²) >= 11 is 1.60. The normalized spacial score (nSPS) is 18.5. The van der Waals surface area contributed by atoms with Gasteiger partial charge in [0, 0.05) is 0 Å². The van der Waals surface area contributed by atoms with E-state index in [1.54, 1.807) is 11.8 Å². The second kappa shape index (κ2) is 14.2. The zero-order valence-electron chi connectivity index (χ0n) is 13.4. The molecule has 3 atom stereocenters. The van der Waals surface area contributed by atoms with Gasteiger partial charge in [0.2, 0.25) is 0 Å². The lowest BCUT2D eigenvalue weighted by Crippen LogP contribution is -2.30. The fourth-order valence-electron chi connectivity index (χ4n) is 1.26. The molecule has 1 aliphatic heterocycles. The molecule has 136 valence electrons. The van der Waals surface area contributed by atoms with Crippen molar-refractivity contribution in [3.63, 3.8) is 0 Å². The second-order valence-electron chi connectivity index (χ2n) is 4.84. The maximum Gasteiger partial charge on any atom is 0.320 e. The van der Waals surface area contributed by atoms with Gasteiger partial charge in [0.25, 0.3) is 0 Å². The van der Waals surface area contributed by atoms with E-state index in [0.717, 1.165) is 25.1 Å². The molecule has 1 fully saturated rings. The molecule has 0 unspecified atom stereocenters. The summed E-state index contributed by atoms with van der Waals surface area (Å²) in [6.45, 7) is 2.28. The highest BCUT2D eigenvalue weighted by Gasteiger charge is 2.20. The van der Waals surface area contributed by atoms with Crippen LogP contribution in [-0.2, 0) is 14.4 Å². The van der Waals surface area contributed by atoms with E-state index >= 15 is 0 Å². The first-order valence-electron chi connectivity index (χ1n) is 7.05. The summed E-state index contributed by atoms with van der Waals surface area (Å²) in [7, 11) is 0. The Morgan fingerprint density at radius 1 is 1.22 bits per heavy atom. The molecule has 8 N–H and O–H groups in total. The van der Waals surface area contributed by atoms with Gasteiger partial charge in [-0.1, -0.05) is 0 Å². The highest BCUT2D eigenvalue weighted by Crippen LogP contribution is 2.03. The number of carboxylic acid groups (broad SMARTS) is 3. The number of aliphatic carboxylic acids is 3. The molecule has 9 nitrogen and oxygen atoms in total. The van der Waals surface area contributed by atoms with E-state index < -0.39 is 30.0 Å². The molecule has 1 saturated heterocycles. The van der Waals surface area contributed by atoms with Crippen LogP contribution < -0.4 is 16.8 Å². The Hall–Kier alpha value is -1.36. The van der Waals surface area contributed by atoms with Crippen molar-refractivity contribution in [1.82, 2.24) is 5.32 Å². The van der Waals surface area contributed by atoms with E-state index in [9.17, 15) is 14.4 Å². The van der Waals surface area contributed by atoms with Crippen LogP contribution in [0.15, 0.2) is 0 Å². The molecule has 10 heteroatoms. The fraction of sp³-hybridized carbons (Fsp3) is 0.769. The van der Waals surface area contributed by atoms with Crippen LogP contribution in [-0.4, -0.2) is 69.9 Å². The molecule has 0 aromatic heterocycles. The SMILES string of the molecule is CSCC[C@H](N)C(=O)O.C[C@H](N)C(=O)O.O=C(O)[C@@H]1CCCN1. The number of hydrogen-bond donors (Lipinski definition) is 6. The van der Waals surface area contributed by atoms with Gasteiger partial charge in [-0.25, -0.2) is 0 Å². The van der Waals surface area contributed by atoms with Crippen molar-refractivity contribution in [2.24, 2.45) is 11.5 Å². The lowest BCUT2D eigenvalue weighted by molar-refractivity contribution is -0.139. The van der Waals surface area contributed by atoms with Crippen molar-refractivity contribution < 1.29 is 29.7 Å². The third kappa shape index (κ3) is 15.3. The highest BCUT2D eigenvalue weighted by atomic mass is 32.2. The fourth-order valence-corrected chi connectivity index (χ4v) is 1.75. The van der Waals surface area contributed by atoms with Crippen LogP contribution >= 0.6 is 11.8 Å². The Morgan fingerprint density at radius 3 is 1.96 bits per heavy atom. The first kappa shape index (κ1) is 23.9. The molecule has 0 bridgehead atoms. The monoisotopic (exact) mass is 353 g/mol. The molecule has 0 spiro atoms. The van der Waals surface area contributed by atoms with Crippen LogP contribution in [0, 0.1) is 0 Å². The van der Waals surface area contributed by atoms with Crippen LogP contribution in [0.4, 0.5) is 0 Å². The van der Waals surface area contributed by atoms with Gasteiger partial charge in [-0.2, -0.15) is 11.8 Å². The maximum absolute atomic E-state index is 10.1. The molecule has 0 radical (unpaired) electrons. The third-order valence-electron chi connectivity index (χ3n) is 2.70. The van der Waals surface area contributed by atoms with E-state index in [1.165, 1.54) is 6.92 Å². The number of thioether (sulfide) groups is 1. The summed E-state index contributed by atoms with van der Waals surface area (Å²) in [6, 6.07) is -1.68. The number of nitrogens with one attached hydrogen (secondary N) is 1. The molecule has 23 heavy (non-hydrogen) atoms. The van der Waals surface area contributed by atoms with E-state index in [2.05, 4.69) is 5.32 Å². The lowest BCUT2D eigenvalue weighted by Gasteiger charge is -2.02. The molecule has 0 saturated carbocycles. The summed E-state index contributed by atoms with van der Waals surface area (Å²) in [5.41, 5.74) is 10.0. The van der Waals surface area contributed by atoms with Crippen LogP contribution in [0.3, 0.4) is 0 Å². The quantitative estimate of drug-likeness (QED) is 0.361. The Bertz CT molecular complexity index is 362. The topological polar surface area (TPSA) is 176 Å². The number of hydrogen-bond acceptors (Lipinski definition) is 7. The summed E-state index contributed by atoms with van der Waals surface area (Å²) < 4.78 is 0. The summed E-state index contributed by atoms with van der Waals surface area (Å²) in [5.74, 6) is -1.78. The first-order chi connectivity index (χ1) is 10.6. The van der Waals surface area contributed by atoms with Gasteiger partial charge in [0.1, 0.15) is 18.1 Å². The van der Waals surface area contributed by atoms with Crippen molar-refractivity contribution in [1.29, 1.82) is 0 Å². The lowest BCUT2D eigenvalue weighted by atomic mass is 10.2. The van der Waals surface area contributed by atoms with Gasteiger partial charge in [-0.05, 0) is 44.7 Å². The Balaban J connectivity index is 0. The molecule has 1 rings (SSSR count). The molecule has 1 heterocycles. The van der Waals surface area contributed by atoms with E-state index in [4.69, 9.17) is 26.8 Å². The van der Waals surface area contributed by atoms with Crippen LogP contribution in [0.5, 0.6) is 0 Å². The molecule has 0 aromatic carbocycles. The Morgan fingerprint density at radius 2 is 1.74 bits per heavy atom. The van der Waals surface area contributed by atoms with Gasteiger partial charge in [0.15, 0.2) is 0 Å². The zero-order chi connectivity index (χ0) is 18.4. The third-order valence-corrected chi connectivity index (χ3v) is 3.34. The number of carboxylic acids is 3. The van der Waals surface area contributed by atoms with Gasteiger partial charge in [-0.3, -0.25) is 14.4 Å². The zero-order valence-corrected chi connectivity index (χ0v) is 14.2. The maximum atomic E-state index is 10.1. The molecule has 1 aliphatic rings. The molecule has 0 aliphatic carbocycles. The van der Waals surface area contributed by atoms with Crippen LogP contribution in [0.1, 0.15) is 26.2 Å². The smallest absolute Gasteiger partial charge is 0.320 e. The Kier molecular flexibility index (Phi) is 14.8. The predicted octanol–water partition coefficient (Wildman–Crippen LogP) is -0.607. The second-order valence-corrected chi connectivity index (χ2v) is 5.83. The van der Waals surface area contributed by atoms with Crippen molar-refractivity contribution >= 4 is 29.7 Å². The van der Waals surface area contributed by atoms with Gasteiger partial charge < -0.3 is 32.1 Å². The van der Waals surface area contributed by atoms with Crippen molar-refractivity contribution in [2.45, 2.75) is 44.3 Å². The van der Waals surface area contributed by atoms with Crippen molar-refractivity contribution in [3.05, 3.63) is 0 Å². The number of nitrogens with two attached hydrogens (primary N) is 2. The minimum Gasteiger partial charge on any atom is -0.480 e. The average molecular weight is 353 g/mol. The Labute approximate surface area is 139 Å². The van der Waals surface area contributed by atoms with Gasteiger partial charge >= 0.3 is 17.9 Å². The van der Waals surface area contributed by atoms with Crippen molar-refractivity contribution in [2.75, 3.05) is 18.6 Å². The largest absolute Gasteiger partial charge is 0.480 e. The highest BCUT2D eigenvalue weighted by molar-refractivity contribution is 7.98. The first-order valence-corrected chi connectivity index (χ1v) is 8.44. The summed E-state index contributed by atoms with van der Waals surface area (Å²) in [4.78, 5) is 29.8. The number of carbonyl (C=O) groups is 3. The standard InChI is InChI=1S/C5H11NO2S.C5H9NO2.C3H7NO2/c1-9-3-2-4(6)5(7)8;7-5(8)4-2-1-3-6-4;1-2(4)3(5)6/h4H,2-3,6H2,1H3,(H,7,8);4,6H,1-3H2,(H,7,8);2H,4H2,1H3,(H,5,6)/t2*4-;2-/m000/s1. The minimum atomic E-state index is -0.963. The molecular weight excluding hydrogens is 326 g/mol. The number of rotatable bonds is 6. The molecular formula is C13H27N3O6S. The predicted molar refractivity (Wildman–Crippen MR) is 88.6 cm³/mol. The van der Waals surface area contributed by atoms with E-state index in [1.807, 2.05) is 6.26 Å². The van der Waals surface area contributed by atoms with Gasteiger partial charge in [0.05, 0.1) is 0 Å².